The fourth-order valence-electron chi connectivity index (χ4n) is 1.73. The predicted octanol–water partition coefficient (Wildman–Crippen LogP) is 1.22. The maximum Gasteiger partial charge on any atom is 0.237 e. The fraction of sp³-hybridized carbons (Fsp3) is 0.500. The molecule has 0 saturated carbocycles. The minimum atomic E-state index is -0.343. The van der Waals surface area contributed by atoms with Gasteiger partial charge < -0.3 is 10.4 Å². The van der Waals surface area contributed by atoms with Crippen molar-refractivity contribution in [2.24, 2.45) is 0 Å². The Labute approximate surface area is 108 Å². The number of benzene rings is 1. The summed E-state index contributed by atoms with van der Waals surface area (Å²) in [4.78, 5) is 11.8. The Balaban J connectivity index is 2.61. The van der Waals surface area contributed by atoms with Crippen molar-refractivity contribution in [2.75, 3.05) is 6.61 Å². The molecule has 4 nitrogen and oxygen atoms in total. The van der Waals surface area contributed by atoms with E-state index in [-0.39, 0.29) is 30.6 Å². The summed E-state index contributed by atoms with van der Waals surface area (Å²) in [6.07, 6.45) is 0. The monoisotopic (exact) mass is 250 g/mol. The molecule has 0 aromatic heterocycles. The van der Waals surface area contributed by atoms with Crippen LogP contribution >= 0.6 is 0 Å². The lowest BCUT2D eigenvalue weighted by atomic mass is 10.1. The van der Waals surface area contributed by atoms with E-state index in [0.29, 0.717) is 0 Å². The lowest BCUT2D eigenvalue weighted by Crippen LogP contribution is -2.46. The summed E-state index contributed by atoms with van der Waals surface area (Å²) in [5.41, 5.74) is 0.976. The lowest BCUT2D eigenvalue weighted by Gasteiger charge is -2.22. The molecule has 100 valence electrons. The van der Waals surface area contributed by atoms with E-state index in [0.717, 1.165) is 5.56 Å². The zero-order valence-corrected chi connectivity index (χ0v) is 11.2. The summed E-state index contributed by atoms with van der Waals surface area (Å²) in [5.74, 6) is -0.0561. The Morgan fingerprint density at radius 2 is 1.83 bits per heavy atom. The molecule has 1 rings (SSSR count). The summed E-state index contributed by atoms with van der Waals surface area (Å²) < 4.78 is 0. The summed E-state index contributed by atoms with van der Waals surface area (Å²) in [6, 6.07) is 9.17. The second kappa shape index (κ2) is 7.13. The molecule has 1 aromatic carbocycles. The van der Waals surface area contributed by atoms with Gasteiger partial charge in [-0.1, -0.05) is 30.3 Å². The van der Waals surface area contributed by atoms with Gasteiger partial charge in [-0.2, -0.15) is 0 Å². The first-order valence-electron chi connectivity index (χ1n) is 6.26. The number of carbonyl (C=O) groups is 1. The summed E-state index contributed by atoms with van der Waals surface area (Å²) in [5, 5.41) is 15.4. The molecule has 0 spiro atoms. The average molecular weight is 250 g/mol. The molecule has 3 N–H and O–H groups in total. The first-order chi connectivity index (χ1) is 8.54. The van der Waals surface area contributed by atoms with E-state index in [4.69, 9.17) is 0 Å². The molecule has 0 radical (unpaired) electrons. The third-order valence-electron chi connectivity index (χ3n) is 2.66. The molecule has 0 aliphatic heterocycles. The van der Waals surface area contributed by atoms with E-state index in [2.05, 4.69) is 10.6 Å². The lowest BCUT2D eigenvalue weighted by molar-refractivity contribution is -0.123. The normalized spacial score (nSPS) is 14.3. The van der Waals surface area contributed by atoms with E-state index in [9.17, 15) is 9.90 Å². The maximum atomic E-state index is 11.8. The predicted molar refractivity (Wildman–Crippen MR) is 72.1 cm³/mol. The first kappa shape index (κ1) is 14.7. The number of aliphatic hydroxyl groups is 1. The van der Waals surface area contributed by atoms with Crippen LogP contribution < -0.4 is 10.6 Å². The molecule has 2 atom stereocenters. The van der Waals surface area contributed by atoms with Crippen molar-refractivity contribution in [3.8, 4) is 0 Å². The van der Waals surface area contributed by atoms with Crippen molar-refractivity contribution in [3.05, 3.63) is 35.9 Å². The summed E-state index contributed by atoms with van der Waals surface area (Å²) in [7, 11) is 0. The smallest absolute Gasteiger partial charge is 0.237 e. The van der Waals surface area contributed by atoms with E-state index in [1.807, 2.05) is 44.2 Å². The topological polar surface area (TPSA) is 61.4 Å². The van der Waals surface area contributed by atoms with Gasteiger partial charge in [-0.05, 0) is 26.3 Å². The highest BCUT2D eigenvalue weighted by molar-refractivity contribution is 5.81. The minimum absolute atomic E-state index is 0.0384. The number of amides is 1. The highest BCUT2D eigenvalue weighted by Crippen LogP contribution is 2.12. The van der Waals surface area contributed by atoms with Crippen LogP contribution in [0.5, 0.6) is 0 Å². The first-order valence-corrected chi connectivity index (χ1v) is 6.26. The molecule has 0 bridgehead atoms. The zero-order chi connectivity index (χ0) is 13.5. The molecule has 18 heavy (non-hydrogen) atoms. The molecule has 0 fully saturated rings. The maximum absolute atomic E-state index is 11.8. The SMILES string of the molecule is CC(C)NC(=O)C(C)NC(CO)c1ccccc1. The van der Waals surface area contributed by atoms with Gasteiger partial charge in [0.05, 0.1) is 18.7 Å². The number of nitrogens with one attached hydrogen (secondary N) is 2. The molecule has 1 aromatic rings. The number of hydrogen-bond donors (Lipinski definition) is 3. The molecular weight excluding hydrogens is 228 g/mol. The summed E-state index contributed by atoms with van der Waals surface area (Å²) >= 11 is 0. The van der Waals surface area contributed by atoms with Gasteiger partial charge in [-0.25, -0.2) is 0 Å². The van der Waals surface area contributed by atoms with E-state index in [1.54, 1.807) is 6.92 Å². The zero-order valence-electron chi connectivity index (χ0n) is 11.2. The number of aliphatic hydroxyl groups excluding tert-OH is 1. The van der Waals surface area contributed by atoms with E-state index >= 15 is 0 Å². The van der Waals surface area contributed by atoms with Gasteiger partial charge in [-0.15, -0.1) is 0 Å². The van der Waals surface area contributed by atoms with Crippen LogP contribution in [0.1, 0.15) is 32.4 Å². The van der Waals surface area contributed by atoms with Crippen LogP contribution in [0.15, 0.2) is 30.3 Å². The van der Waals surface area contributed by atoms with Crippen LogP contribution in [0.25, 0.3) is 0 Å². The molecule has 4 heteroatoms. The van der Waals surface area contributed by atoms with Gasteiger partial charge in [-0.3, -0.25) is 10.1 Å². The van der Waals surface area contributed by atoms with Gasteiger partial charge in [0.1, 0.15) is 0 Å². The second-order valence-electron chi connectivity index (χ2n) is 4.70. The van der Waals surface area contributed by atoms with Crippen molar-refractivity contribution < 1.29 is 9.90 Å². The van der Waals surface area contributed by atoms with Gasteiger partial charge in [0, 0.05) is 6.04 Å². The fourth-order valence-corrected chi connectivity index (χ4v) is 1.73. The van der Waals surface area contributed by atoms with Crippen LogP contribution in [-0.2, 0) is 4.79 Å². The molecule has 0 aliphatic carbocycles. The Bertz CT molecular complexity index is 365. The quantitative estimate of drug-likeness (QED) is 0.711. The molecule has 1 amide bonds. The molecular formula is C14H22N2O2. The van der Waals surface area contributed by atoms with Crippen molar-refractivity contribution in [1.82, 2.24) is 10.6 Å². The highest BCUT2D eigenvalue weighted by atomic mass is 16.3. The highest BCUT2D eigenvalue weighted by Gasteiger charge is 2.18. The van der Waals surface area contributed by atoms with Crippen LogP contribution in [-0.4, -0.2) is 29.7 Å². The van der Waals surface area contributed by atoms with Crippen molar-refractivity contribution in [3.63, 3.8) is 0 Å². The number of carbonyl (C=O) groups excluding carboxylic acids is 1. The van der Waals surface area contributed by atoms with Gasteiger partial charge in [0.15, 0.2) is 0 Å². The van der Waals surface area contributed by atoms with Crippen LogP contribution in [0, 0.1) is 0 Å². The molecule has 0 aliphatic rings. The van der Waals surface area contributed by atoms with E-state index in [1.165, 1.54) is 0 Å². The van der Waals surface area contributed by atoms with Crippen LogP contribution in [0.2, 0.25) is 0 Å². The van der Waals surface area contributed by atoms with E-state index < -0.39 is 0 Å². The Morgan fingerprint density at radius 1 is 1.22 bits per heavy atom. The van der Waals surface area contributed by atoms with Crippen LogP contribution in [0.4, 0.5) is 0 Å². The second-order valence-corrected chi connectivity index (χ2v) is 4.70. The number of rotatable bonds is 6. The Kier molecular flexibility index (Phi) is 5.82. The third-order valence-corrected chi connectivity index (χ3v) is 2.66. The largest absolute Gasteiger partial charge is 0.394 e. The Hall–Kier alpha value is -1.39. The van der Waals surface area contributed by atoms with Crippen molar-refractivity contribution in [2.45, 2.75) is 38.9 Å². The van der Waals surface area contributed by atoms with Crippen LogP contribution in [0.3, 0.4) is 0 Å². The Morgan fingerprint density at radius 3 is 2.33 bits per heavy atom. The standard InChI is InChI=1S/C14H22N2O2/c1-10(2)15-14(18)11(3)16-13(9-17)12-7-5-4-6-8-12/h4-8,10-11,13,16-17H,9H2,1-3H3,(H,15,18). The average Bonchev–Trinajstić information content (AvgIpc) is 2.35. The van der Waals surface area contributed by atoms with Gasteiger partial charge in [0.25, 0.3) is 0 Å². The summed E-state index contributed by atoms with van der Waals surface area (Å²) in [6.45, 7) is 5.60. The molecule has 0 saturated heterocycles. The molecule has 0 heterocycles. The van der Waals surface area contributed by atoms with Gasteiger partial charge >= 0.3 is 0 Å². The van der Waals surface area contributed by atoms with Crippen molar-refractivity contribution >= 4 is 5.91 Å². The minimum Gasteiger partial charge on any atom is -0.394 e. The number of hydrogen-bond acceptors (Lipinski definition) is 3. The third kappa shape index (κ3) is 4.47. The molecule has 2 unspecified atom stereocenters. The van der Waals surface area contributed by atoms with Gasteiger partial charge in [0.2, 0.25) is 5.91 Å². The van der Waals surface area contributed by atoms with Crippen molar-refractivity contribution in [1.29, 1.82) is 0 Å².